The van der Waals surface area contributed by atoms with Crippen LogP contribution in [0.3, 0.4) is 0 Å². The van der Waals surface area contributed by atoms with Gasteiger partial charge >= 0.3 is 0 Å². The Kier molecular flexibility index (Phi) is 2.77. The Labute approximate surface area is 104 Å². The van der Waals surface area contributed by atoms with E-state index < -0.39 is 0 Å². The first kappa shape index (κ1) is 10.7. The van der Waals surface area contributed by atoms with Crippen LogP contribution in [0.1, 0.15) is 32.1 Å². The maximum atomic E-state index is 12.1. The molecule has 0 bridgehead atoms. The molecule has 2 aromatic heterocycles. The van der Waals surface area contributed by atoms with Gasteiger partial charge in [-0.1, -0.05) is 0 Å². The summed E-state index contributed by atoms with van der Waals surface area (Å²) < 4.78 is 0. The maximum Gasteiger partial charge on any atom is 0.177 e. The molecule has 0 fully saturated rings. The SMILES string of the molecule is O=C(Cc1ccncc1)c1cc2c(s1)CCC2. The Morgan fingerprint density at radius 1 is 1.29 bits per heavy atom. The van der Waals surface area contributed by atoms with Crippen LogP contribution in [0.2, 0.25) is 0 Å². The molecule has 1 aliphatic rings. The summed E-state index contributed by atoms with van der Waals surface area (Å²) in [5.74, 6) is 0.232. The third kappa shape index (κ3) is 2.15. The molecular formula is C14H13NOS. The normalized spacial score (nSPS) is 13.6. The van der Waals surface area contributed by atoms with E-state index in [0.717, 1.165) is 23.3 Å². The maximum absolute atomic E-state index is 12.1. The fourth-order valence-corrected chi connectivity index (χ4v) is 3.43. The molecule has 0 radical (unpaired) electrons. The van der Waals surface area contributed by atoms with Crippen molar-refractivity contribution in [1.82, 2.24) is 4.98 Å². The summed E-state index contributed by atoms with van der Waals surface area (Å²) in [6.45, 7) is 0. The molecule has 0 unspecified atom stereocenters. The molecule has 2 nitrogen and oxygen atoms in total. The van der Waals surface area contributed by atoms with Gasteiger partial charge in [-0.05, 0) is 48.6 Å². The number of hydrogen-bond acceptors (Lipinski definition) is 3. The zero-order valence-electron chi connectivity index (χ0n) is 9.48. The van der Waals surface area contributed by atoms with Gasteiger partial charge in [-0.3, -0.25) is 9.78 Å². The zero-order valence-corrected chi connectivity index (χ0v) is 10.3. The van der Waals surface area contributed by atoms with Crippen LogP contribution < -0.4 is 0 Å². The highest BCUT2D eigenvalue weighted by Gasteiger charge is 2.18. The molecular weight excluding hydrogens is 230 g/mol. The van der Waals surface area contributed by atoms with Crippen molar-refractivity contribution < 1.29 is 4.79 Å². The van der Waals surface area contributed by atoms with Gasteiger partial charge in [0.05, 0.1) is 4.88 Å². The Bertz CT molecular complexity index is 523. The lowest BCUT2D eigenvalue weighted by Gasteiger charge is -1.98. The van der Waals surface area contributed by atoms with Crippen LogP contribution >= 0.6 is 11.3 Å². The minimum Gasteiger partial charge on any atom is -0.293 e. The number of carbonyl (C=O) groups is 1. The van der Waals surface area contributed by atoms with Crippen molar-refractivity contribution in [2.75, 3.05) is 0 Å². The number of Topliss-reactive ketones (excluding diaryl/α,β-unsaturated/α-hetero) is 1. The van der Waals surface area contributed by atoms with Crippen molar-refractivity contribution in [3.8, 4) is 0 Å². The summed E-state index contributed by atoms with van der Waals surface area (Å²) in [5.41, 5.74) is 2.44. The monoisotopic (exact) mass is 243 g/mol. The fraction of sp³-hybridized carbons (Fsp3) is 0.286. The average Bonchev–Trinajstić information content (AvgIpc) is 2.90. The molecule has 0 spiro atoms. The second-order valence-electron chi connectivity index (χ2n) is 4.37. The molecule has 0 N–H and O–H groups in total. The molecule has 2 aromatic rings. The molecule has 0 aromatic carbocycles. The number of pyridine rings is 1. The minimum absolute atomic E-state index is 0.232. The van der Waals surface area contributed by atoms with Crippen LogP contribution in [0.25, 0.3) is 0 Å². The highest BCUT2D eigenvalue weighted by atomic mass is 32.1. The molecule has 0 saturated heterocycles. The summed E-state index contributed by atoms with van der Waals surface area (Å²) in [7, 11) is 0. The first-order valence-electron chi connectivity index (χ1n) is 5.86. The van der Waals surface area contributed by atoms with E-state index >= 15 is 0 Å². The molecule has 3 heteroatoms. The number of aromatic nitrogens is 1. The Morgan fingerprint density at radius 2 is 2.12 bits per heavy atom. The van der Waals surface area contributed by atoms with Gasteiger partial charge < -0.3 is 0 Å². The van der Waals surface area contributed by atoms with Gasteiger partial charge in [0.2, 0.25) is 0 Å². The highest BCUT2D eigenvalue weighted by Crippen LogP contribution is 2.31. The molecule has 0 atom stereocenters. The smallest absolute Gasteiger partial charge is 0.177 e. The van der Waals surface area contributed by atoms with Crippen molar-refractivity contribution in [2.24, 2.45) is 0 Å². The van der Waals surface area contributed by atoms with Crippen molar-refractivity contribution in [1.29, 1.82) is 0 Å². The third-order valence-electron chi connectivity index (χ3n) is 3.14. The van der Waals surface area contributed by atoms with Crippen molar-refractivity contribution in [3.63, 3.8) is 0 Å². The number of fused-ring (bicyclic) bond motifs is 1. The van der Waals surface area contributed by atoms with Gasteiger partial charge in [-0.25, -0.2) is 0 Å². The molecule has 1 aliphatic carbocycles. The molecule has 0 amide bonds. The average molecular weight is 243 g/mol. The van der Waals surface area contributed by atoms with Crippen molar-refractivity contribution >= 4 is 17.1 Å². The molecule has 2 heterocycles. The Balaban J connectivity index is 1.78. The lowest BCUT2D eigenvalue weighted by molar-refractivity contribution is 0.0997. The molecule has 3 rings (SSSR count). The number of ketones is 1. The summed E-state index contributed by atoms with van der Waals surface area (Å²) in [5, 5.41) is 0. The second-order valence-corrected chi connectivity index (χ2v) is 5.50. The Morgan fingerprint density at radius 3 is 2.88 bits per heavy atom. The number of carbonyl (C=O) groups excluding carboxylic acids is 1. The van der Waals surface area contributed by atoms with E-state index in [2.05, 4.69) is 11.1 Å². The minimum atomic E-state index is 0.232. The second kappa shape index (κ2) is 4.41. The quantitative estimate of drug-likeness (QED) is 0.775. The van der Waals surface area contributed by atoms with E-state index in [0.29, 0.717) is 6.42 Å². The number of aryl methyl sites for hydroxylation is 2. The van der Waals surface area contributed by atoms with Crippen LogP contribution in [0, 0.1) is 0 Å². The number of rotatable bonds is 3. The van der Waals surface area contributed by atoms with Gasteiger partial charge in [-0.15, -0.1) is 11.3 Å². The van der Waals surface area contributed by atoms with E-state index in [9.17, 15) is 4.79 Å². The van der Waals surface area contributed by atoms with Gasteiger partial charge in [0.25, 0.3) is 0 Å². The molecule has 0 saturated carbocycles. The van der Waals surface area contributed by atoms with E-state index in [1.54, 1.807) is 23.7 Å². The largest absolute Gasteiger partial charge is 0.293 e. The van der Waals surface area contributed by atoms with Gasteiger partial charge in [0.15, 0.2) is 5.78 Å². The predicted molar refractivity (Wildman–Crippen MR) is 68.6 cm³/mol. The van der Waals surface area contributed by atoms with Crippen molar-refractivity contribution in [2.45, 2.75) is 25.7 Å². The van der Waals surface area contributed by atoms with Crippen LogP contribution in [-0.2, 0) is 19.3 Å². The lowest BCUT2D eigenvalue weighted by atomic mass is 10.1. The third-order valence-corrected chi connectivity index (χ3v) is 4.41. The summed E-state index contributed by atoms with van der Waals surface area (Å²) in [6, 6.07) is 5.90. The van der Waals surface area contributed by atoms with Crippen molar-refractivity contribution in [3.05, 3.63) is 51.5 Å². The lowest BCUT2D eigenvalue weighted by Crippen LogP contribution is -2.01. The highest BCUT2D eigenvalue weighted by molar-refractivity contribution is 7.14. The summed E-state index contributed by atoms with van der Waals surface area (Å²) in [4.78, 5) is 18.4. The van der Waals surface area contributed by atoms with Gasteiger partial charge in [0, 0.05) is 23.7 Å². The van der Waals surface area contributed by atoms with Gasteiger partial charge in [-0.2, -0.15) is 0 Å². The Hall–Kier alpha value is -1.48. The first-order valence-corrected chi connectivity index (χ1v) is 6.68. The van der Waals surface area contributed by atoms with Crippen LogP contribution in [-0.4, -0.2) is 10.8 Å². The van der Waals surface area contributed by atoms with Crippen LogP contribution in [0.5, 0.6) is 0 Å². The van der Waals surface area contributed by atoms with E-state index in [4.69, 9.17) is 0 Å². The summed E-state index contributed by atoms with van der Waals surface area (Å²) >= 11 is 1.68. The number of hydrogen-bond donors (Lipinski definition) is 0. The van der Waals surface area contributed by atoms with E-state index in [-0.39, 0.29) is 5.78 Å². The molecule has 0 aliphatic heterocycles. The zero-order chi connectivity index (χ0) is 11.7. The fourth-order valence-electron chi connectivity index (χ4n) is 2.24. The standard InChI is InChI=1S/C14H13NOS/c16-12(8-10-4-6-15-7-5-10)14-9-11-2-1-3-13(11)17-14/h4-7,9H,1-3,8H2. The topological polar surface area (TPSA) is 30.0 Å². The summed E-state index contributed by atoms with van der Waals surface area (Å²) in [6.07, 6.45) is 7.51. The predicted octanol–water partition coefficient (Wildman–Crippen LogP) is 3.06. The van der Waals surface area contributed by atoms with E-state index in [1.807, 2.05) is 12.1 Å². The van der Waals surface area contributed by atoms with Gasteiger partial charge in [0.1, 0.15) is 0 Å². The van der Waals surface area contributed by atoms with E-state index in [1.165, 1.54) is 16.9 Å². The number of thiophene rings is 1. The van der Waals surface area contributed by atoms with Crippen LogP contribution in [0.15, 0.2) is 30.6 Å². The van der Waals surface area contributed by atoms with Crippen LogP contribution in [0.4, 0.5) is 0 Å². The molecule has 86 valence electrons. The molecule has 17 heavy (non-hydrogen) atoms. The number of nitrogens with zero attached hydrogens (tertiary/aromatic N) is 1. The first-order chi connectivity index (χ1) is 8.33.